The molecule has 2 aromatic rings. The molecule has 132 valence electrons. The molecular weight excluding hydrogens is 316 g/mol. The zero-order valence-electron chi connectivity index (χ0n) is 15.5. The lowest BCUT2D eigenvalue weighted by Crippen LogP contribution is -2.22. The van der Waals surface area contributed by atoms with E-state index in [9.17, 15) is 5.26 Å². The van der Waals surface area contributed by atoms with Crippen molar-refractivity contribution >= 4 is 0 Å². The van der Waals surface area contributed by atoms with E-state index in [0.29, 0.717) is 11.5 Å². The Kier molecular flexibility index (Phi) is 4.07. The van der Waals surface area contributed by atoms with Crippen molar-refractivity contribution in [3.05, 3.63) is 39.7 Å². The van der Waals surface area contributed by atoms with Crippen molar-refractivity contribution in [2.75, 3.05) is 0 Å². The van der Waals surface area contributed by atoms with Gasteiger partial charge in [0.2, 0.25) is 11.8 Å². The van der Waals surface area contributed by atoms with Gasteiger partial charge in [0.25, 0.3) is 0 Å². The molecule has 2 aromatic heterocycles. The maximum Gasteiger partial charge on any atom is 0.244 e. The van der Waals surface area contributed by atoms with Gasteiger partial charge in [-0.2, -0.15) is 10.4 Å². The number of nitriles is 1. The van der Waals surface area contributed by atoms with Crippen LogP contribution in [-0.2, 0) is 0 Å². The monoisotopic (exact) mass is 340 g/mol. The molecule has 0 aromatic carbocycles. The van der Waals surface area contributed by atoms with Crippen LogP contribution >= 0.6 is 0 Å². The average molecular weight is 340 g/mol. The number of aryl methyl sites for hydroxylation is 1. The highest BCUT2D eigenvalue weighted by Crippen LogP contribution is 2.46. The number of hydrogen-bond acceptors (Lipinski definition) is 5. The van der Waals surface area contributed by atoms with Gasteiger partial charge in [0.1, 0.15) is 11.6 Å². The number of allylic oxidation sites excluding steroid dienone is 1. The highest BCUT2D eigenvalue weighted by Gasteiger charge is 2.38. The fourth-order valence-corrected chi connectivity index (χ4v) is 3.59. The summed E-state index contributed by atoms with van der Waals surface area (Å²) in [6.07, 6.45) is 0. The lowest BCUT2D eigenvalue weighted by Gasteiger charge is -2.25. The first kappa shape index (κ1) is 17.1. The van der Waals surface area contributed by atoms with Crippen LogP contribution < -0.4 is 10.5 Å². The molecule has 7 nitrogen and oxygen atoms in total. The number of aromatic nitrogens is 4. The normalized spacial score (nSPS) is 17.0. The van der Waals surface area contributed by atoms with Crippen molar-refractivity contribution in [2.24, 2.45) is 5.73 Å². The van der Waals surface area contributed by atoms with Crippen LogP contribution in [0.2, 0.25) is 0 Å². The van der Waals surface area contributed by atoms with E-state index in [-0.39, 0.29) is 23.8 Å². The van der Waals surface area contributed by atoms with E-state index in [1.807, 2.05) is 18.5 Å². The first-order valence-corrected chi connectivity index (χ1v) is 8.49. The summed E-state index contributed by atoms with van der Waals surface area (Å²) in [6, 6.07) is 2.47. The molecule has 0 bridgehead atoms. The standard InChI is InChI=1S/C18H24N6O/c1-8(2)16-15-14(12(7-19)17(20)25-18(15)22-21-16)13-10(5)23-24(9(3)4)11(13)6/h8-9,14H,20H2,1-6H3,(H,21,22). The fourth-order valence-electron chi connectivity index (χ4n) is 3.59. The van der Waals surface area contributed by atoms with E-state index in [2.05, 4.69) is 49.1 Å². The Morgan fingerprint density at radius 1 is 1.24 bits per heavy atom. The molecule has 0 saturated heterocycles. The van der Waals surface area contributed by atoms with E-state index in [1.165, 1.54) is 0 Å². The Morgan fingerprint density at radius 3 is 2.44 bits per heavy atom. The van der Waals surface area contributed by atoms with Crippen molar-refractivity contribution in [1.82, 2.24) is 20.0 Å². The largest absolute Gasteiger partial charge is 0.420 e. The third-order valence-electron chi connectivity index (χ3n) is 4.70. The number of hydrogen-bond donors (Lipinski definition) is 2. The molecule has 0 aliphatic carbocycles. The highest BCUT2D eigenvalue weighted by atomic mass is 16.5. The molecule has 3 rings (SSSR count). The lowest BCUT2D eigenvalue weighted by molar-refractivity contribution is 0.378. The number of nitrogens with two attached hydrogens (primary N) is 1. The molecule has 1 aliphatic heterocycles. The number of fused-ring (bicyclic) bond motifs is 1. The molecule has 7 heteroatoms. The first-order valence-electron chi connectivity index (χ1n) is 8.49. The number of nitrogens with zero attached hydrogens (tertiary/aromatic N) is 4. The van der Waals surface area contributed by atoms with E-state index in [0.717, 1.165) is 28.2 Å². The summed E-state index contributed by atoms with van der Waals surface area (Å²) in [5.74, 6) is 0.443. The Morgan fingerprint density at radius 2 is 1.92 bits per heavy atom. The first-order chi connectivity index (χ1) is 11.8. The van der Waals surface area contributed by atoms with Gasteiger partial charge in [0.05, 0.1) is 17.2 Å². The SMILES string of the molecule is Cc1nn(C(C)C)c(C)c1C1C(C#N)=C(N)Oc2n[nH]c(C(C)C)c21. The molecular formula is C18H24N6O. The number of rotatable bonds is 3. The van der Waals surface area contributed by atoms with Gasteiger partial charge in [-0.3, -0.25) is 9.78 Å². The summed E-state index contributed by atoms with van der Waals surface area (Å²) in [5.41, 5.74) is 11.2. The molecule has 3 heterocycles. The summed E-state index contributed by atoms with van der Waals surface area (Å²) in [7, 11) is 0. The minimum atomic E-state index is -0.322. The number of ether oxygens (including phenoxy) is 1. The van der Waals surface area contributed by atoms with Gasteiger partial charge in [0, 0.05) is 23.0 Å². The van der Waals surface area contributed by atoms with Gasteiger partial charge in [-0.05, 0) is 33.6 Å². The van der Waals surface area contributed by atoms with E-state index >= 15 is 0 Å². The second-order valence-corrected chi connectivity index (χ2v) is 7.06. The molecule has 25 heavy (non-hydrogen) atoms. The van der Waals surface area contributed by atoms with Crippen LogP contribution in [0.15, 0.2) is 11.5 Å². The summed E-state index contributed by atoms with van der Waals surface area (Å²) >= 11 is 0. The smallest absolute Gasteiger partial charge is 0.244 e. The molecule has 1 unspecified atom stereocenters. The molecule has 1 atom stereocenters. The van der Waals surface area contributed by atoms with Crippen molar-refractivity contribution < 1.29 is 4.74 Å². The van der Waals surface area contributed by atoms with Crippen molar-refractivity contribution in [3.8, 4) is 11.9 Å². The number of nitrogens with one attached hydrogen (secondary N) is 1. The third-order valence-corrected chi connectivity index (χ3v) is 4.70. The Bertz CT molecular complexity index is 894. The van der Waals surface area contributed by atoms with Crippen LogP contribution in [0.25, 0.3) is 0 Å². The predicted molar refractivity (Wildman–Crippen MR) is 94.1 cm³/mol. The predicted octanol–water partition coefficient (Wildman–Crippen LogP) is 3.15. The van der Waals surface area contributed by atoms with Crippen molar-refractivity contribution in [3.63, 3.8) is 0 Å². The molecule has 3 N–H and O–H groups in total. The van der Waals surface area contributed by atoms with Gasteiger partial charge in [-0.1, -0.05) is 13.8 Å². The van der Waals surface area contributed by atoms with Crippen LogP contribution in [-0.4, -0.2) is 20.0 Å². The van der Waals surface area contributed by atoms with E-state index in [4.69, 9.17) is 10.5 Å². The third kappa shape index (κ3) is 2.49. The zero-order chi connectivity index (χ0) is 18.5. The highest BCUT2D eigenvalue weighted by molar-refractivity contribution is 5.57. The maximum absolute atomic E-state index is 9.76. The topological polar surface area (TPSA) is 106 Å². The minimum absolute atomic E-state index is 0.109. The number of aromatic amines is 1. The summed E-state index contributed by atoms with van der Waals surface area (Å²) in [6.45, 7) is 12.3. The van der Waals surface area contributed by atoms with Gasteiger partial charge >= 0.3 is 0 Å². The van der Waals surface area contributed by atoms with Crippen LogP contribution in [0.4, 0.5) is 0 Å². The van der Waals surface area contributed by atoms with Gasteiger partial charge in [-0.25, -0.2) is 0 Å². The quantitative estimate of drug-likeness (QED) is 0.893. The minimum Gasteiger partial charge on any atom is -0.420 e. The van der Waals surface area contributed by atoms with Crippen LogP contribution in [0, 0.1) is 25.2 Å². The van der Waals surface area contributed by atoms with Crippen molar-refractivity contribution in [1.29, 1.82) is 5.26 Å². The average Bonchev–Trinajstić information content (AvgIpc) is 3.07. The second-order valence-electron chi connectivity index (χ2n) is 7.06. The number of H-pyrrole nitrogens is 1. The molecule has 0 fully saturated rings. The Labute approximate surface area is 147 Å². The Balaban J connectivity index is 2.32. The fraction of sp³-hybridized carbons (Fsp3) is 0.500. The van der Waals surface area contributed by atoms with Crippen LogP contribution in [0.3, 0.4) is 0 Å². The van der Waals surface area contributed by atoms with Crippen LogP contribution in [0.5, 0.6) is 5.88 Å². The van der Waals surface area contributed by atoms with Gasteiger partial charge in [0.15, 0.2) is 0 Å². The van der Waals surface area contributed by atoms with Crippen LogP contribution in [0.1, 0.15) is 73.8 Å². The lowest BCUT2D eigenvalue weighted by atomic mass is 9.81. The van der Waals surface area contributed by atoms with Gasteiger partial charge in [-0.15, -0.1) is 5.10 Å². The molecule has 0 saturated carbocycles. The zero-order valence-corrected chi connectivity index (χ0v) is 15.5. The summed E-state index contributed by atoms with van der Waals surface area (Å²) < 4.78 is 7.60. The van der Waals surface area contributed by atoms with E-state index in [1.54, 1.807) is 0 Å². The second kappa shape index (κ2) is 5.96. The maximum atomic E-state index is 9.76. The molecule has 0 radical (unpaired) electrons. The van der Waals surface area contributed by atoms with E-state index < -0.39 is 0 Å². The summed E-state index contributed by atoms with van der Waals surface area (Å²) in [4.78, 5) is 0. The molecule has 0 spiro atoms. The summed E-state index contributed by atoms with van der Waals surface area (Å²) in [5, 5.41) is 21.8. The Hall–Kier alpha value is -2.75. The van der Waals surface area contributed by atoms with Gasteiger partial charge < -0.3 is 10.5 Å². The van der Waals surface area contributed by atoms with Crippen molar-refractivity contribution in [2.45, 2.75) is 59.4 Å². The molecule has 1 aliphatic rings. The molecule has 0 amide bonds.